The number of aliphatic hydroxyl groups is 1. The number of hydrogen-bond donors (Lipinski definition) is 3. The Balaban J connectivity index is 1.33. The van der Waals surface area contributed by atoms with Crippen molar-refractivity contribution in [2.45, 2.75) is 43.6 Å². The van der Waals surface area contributed by atoms with Crippen LogP contribution in [0.1, 0.15) is 62.3 Å². The molecular formula is C33H32N2O6S. The number of aromatic nitrogens is 1. The molecule has 0 saturated carbocycles. The zero-order valence-electron chi connectivity index (χ0n) is 23.1. The predicted octanol–water partition coefficient (Wildman–Crippen LogP) is 5.79. The largest absolute Gasteiger partial charge is 0.478 e. The van der Waals surface area contributed by atoms with Crippen molar-refractivity contribution in [3.8, 4) is 0 Å². The van der Waals surface area contributed by atoms with Crippen molar-refractivity contribution in [2.75, 3.05) is 5.75 Å². The first-order chi connectivity index (χ1) is 20.4. The zero-order valence-corrected chi connectivity index (χ0v) is 23.9. The summed E-state index contributed by atoms with van der Waals surface area (Å²) in [5.41, 5.74) is 4.31. The summed E-state index contributed by atoms with van der Waals surface area (Å²) in [7, 11) is 0. The fraction of sp³-hybridized carbons (Fsp3) is 0.242. The van der Waals surface area contributed by atoms with Crippen LogP contribution in [0.25, 0.3) is 0 Å². The van der Waals surface area contributed by atoms with Crippen LogP contribution in [0.15, 0.2) is 102 Å². The molecule has 0 bridgehead atoms. The highest BCUT2D eigenvalue weighted by Gasteiger charge is 2.38. The maximum Gasteiger partial charge on any atom is 0.338 e. The molecule has 8 nitrogen and oxygen atoms in total. The Kier molecular flexibility index (Phi) is 9.66. The third-order valence-electron chi connectivity index (χ3n) is 7.25. The number of rotatable bonds is 10. The van der Waals surface area contributed by atoms with Crippen LogP contribution >= 0.6 is 11.8 Å². The second kappa shape index (κ2) is 13.8. The molecule has 1 aliphatic rings. The lowest BCUT2D eigenvalue weighted by Gasteiger charge is -2.41. The molecule has 3 N–H and O–H groups in total. The lowest BCUT2D eigenvalue weighted by atomic mass is 9.91. The van der Waals surface area contributed by atoms with Gasteiger partial charge in [-0.15, -0.1) is 11.8 Å². The molecule has 0 unspecified atom stereocenters. The number of aliphatic hydroxyl groups excluding tert-OH is 1. The lowest BCUT2D eigenvalue weighted by molar-refractivity contribution is -0.268. The quantitative estimate of drug-likeness (QED) is 0.201. The van der Waals surface area contributed by atoms with Crippen molar-refractivity contribution >= 4 is 23.6 Å². The Bertz CT molecular complexity index is 1500. The van der Waals surface area contributed by atoms with E-state index in [4.69, 9.17) is 9.47 Å². The van der Waals surface area contributed by atoms with Gasteiger partial charge in [0.2, 0.25) is 0 Å². The minimum Gasteiger partial charge on any atom is -0.478 e. The number of nitrogens with zero attached hydrogens (tertiary/aromatic N) is 1. The highest BCUT2D eigenvalue weighted by Crippen LogP contribution is 2.43. The SMILES string of the molecule is C[C@H]1[C@@H](CSc2ncccc2C(=O)O)O[C@@H](c2ccc(CNC(=O)c3ccccc3)cc2)O[C@H]1c1ccc(CO)cc1. The summed E-state index contributed by atoms with van der Waals surface area (Å²) in [6.45, 7) is 2.40. The van der Waals surface area contributed by atoms with E-state index in [1.165, 1.54) is 11.8 Å². The van der Waals surface area contributed by atoms with Crippen LogP contribution in [0, 0.1) is 5.92 Å². The van der Waals surface area contributed by atoms with Crippen molar-refractivity contribution in [1.82, 2.24) is 10.3 Å². The number of carboxylic acid groups (broad SMARTS) is 1. The molecule has 0 aliphatic carbocycles. The summed E-state index contributed by atoms with van der Waals surface area (Å²) >= 11 is 1.35. The van der Waals surface area contributed by atoms with E-state index in [-0.39, 0.29) is 36.2 Å². The molecule has 9 heteroatoms. The number of aromatic carboxylic acids is 1. The third kappa shape index (κ3) is 7.06. The Labute approximate surface area is 248 Å². The van der Waals surface area contributed by atoms with Gasteiger partial charge < -0.3 is 25.0 Å². The van der Waals surface area contributed by atoms with E-state index in [1.807, 2.05) is 66.7 Å². The molecule has 5 rings (SSSR count). The number of nitrogens with one attached hydrogen (secondary N) is 1. The zero-order chi connectivity index (χ0) is 29.5. The summed E-state index contributed by atoms with van der Waals surface area (Å²) < 4.78 is 13.0. The Hall–Kier alpha value is -4.02. The van der Waals surface area contributed by atoms with E-state index < -0.39 is 12.3 Å². The number of benzene rings is 3. The summed E-state index contributed by atoms with van der Waals surface area (Å²) in [5.74, 6) is -0.737. The van der Waals surface area contributed by atoms with Gasteiger partial charge in [-0.05, 0) is 41.0 Å². The van der Waals surface area contributed by atoms with Gasteiger partial charge in [-0.1, -0.05) is 73.7 Å². The average molecular weight is 585 g/mol. The second-order valence-electron chi connectivity index (χ2n) is 10.1. The molecule has 1 amide bonds. The fourth-order valence-electron chi connectivity index (χ4n) is 4.81. The molecule has 1 fully saturated rings. The van der Waals surface area contributed by atoms with E-state index in [2.05, 4.69) is 17.2 Å². The summed E-state index contributed by atoms with van der Waals surface area (Å²) in [6.07, 6.45) is 0.352. The molecule has 0 spiro atoms. The minimum absolute atomic E-state index is 0.0412. The van der Waals surface area contributed by atoms with E-state index in [1.54, 1.807) is 30.5 Å². The number of thioether (sulfide) groups is 1. The first-order valence-electron chi connectivity index (χ1n) is 13.7. The number of carboxylic acids is 1. The molecule has 1 saturated heterocycles. The summed E-state index contributed by atoms with van der Waals surface area (Å²) in [4.78, 5) is 28.4. The highest BCUT2D eigenvalue weighted by atomic mass is 32.2. The molecule has 42 heavy (non-hydrogen) atoms. The molecule has 1 aliphatic heterocycles. The normalized spacial score (nSPS) is 20.1. The van der Waals surface area contributed by atoms with Crippen LogP contribution in [-0.2, 0) is 22.6 Å². The first kappa shape index (κ1) is 29.5. The van der Waals surface area contributed by atoms with Crippen LogP contribution in [0.5, 0.6) is 0 Å². The molecule has 3 aromatic carbocycles. The van der Waals surface area contributed by atoms with E-state index in [0.29, 0.717) is 22.9 Å². The molecule has 4 atom stereocenters. The monoisotopic (exact) mass is 584 g/mol. The molecule has 0 radical (unpaired) electrons. The molecule has 2 heterocycles. The second-order valence-corrected chi connectivity index (χ2v) is 11.1. The van der Waals surface area contributed by atoms with Crippen LogP contribution in [0.2, 0.25) is 0 Å². The standard InChI is InChI=1S/C33H32N2O6S/c1-21-28(20-42-31-27(32(38)39)8-5-17-34-31)40-33(41-29(21)24-13-11-23(19-36)12-14-24)26-15-9-22(10-16-26)18-35-30(37)25-6-3-2-4-7-25/h2-17,21,28-29,33,36H,18-20H2,1H3,(H,35,37)(H,38,39)/t21-,28+,29+,33+/m0/s1. The number of carbonyl (C=O) groups excluding carboxylic acids is 1. The van der Waals surface area contributed by atoms with Crippen LogP contribution < -0.4 is 5.32 Å². The van der Waals surface area contributed by atoms with E-state index in [0.717, 1.165) is 22.3 Å². The van der Waals surface area contributed by atoms with E-state index in [9.17, 15) is 19.8 Å². The number of pyridine rings is 1. The maximum absolute atomic E-state index is 12.4. The van der Waals surface area contributed by atoms with Crippen molar-refractivity contribution in [2.24, 2.45) is 5.92 Å². The highest BCUT2D eigenvalue weighted by molar-refractivity contribution is 7.99. The molecule has 216 valence electrons. The first-order valence-corrected chi connectivity index (χ1v) is 14.7. The number of hydrogen-bond acceptors (Lipinski definition) is 7. The molecule has 4 aromatic rings. The predicted molar refractivity (Wildman–Crippen MR) is 159 cm³/mol. The topological polar surface area (TPSA) is 118 Å². The van der Waals surface area contributed by atoms with Gasteiger partial charge in [-0.3, -0.25) is 4.79 Å². The number of amides is 1. The Morgan fingerprint density at radius 3 is 2.26 bits per heavy atom. The van der Waals surface area contributed by atoms with Gasteiger partial charge in [0.05, 0.1) is 24.4 Å². The van der Waals surface area contributed by atoms with Gasteiger partial charge in [0.25, 0.3) is 5.91 Å². The van der Waals surface area contributed by atoms with Gasteiger partial charge in [0.1, 0.15) is 5.03 Å². The van der Waals surface area contributed by atoms with Crippen LogP contribution in [0.3, 0.4) is 0 Å². The fourth-order valence-corrected chi connectivity index (χ4v) is 5.96. The summed E-state index contributed by atoms with van der Waals surface area (Å²) in [5, 5.41) is 22.4. The summed E-state index contributed by atoms with van der Waals surface area (Å²) in [6, 6.07) is 27.6. The molecule has 1 aromatic heterocycles. The van der Waals surface area contributed by atoms with Gasteiger partial charge in [-0.2, -0.15) is 0 Å². The lowest BCUT2D eigenvalue weighted by Crippen LogP contribution is -2.38. The maximum atomic E-state index is 12.4. The van der Waals surface area contributed by atoms with Crippen LogP contribution in [0.4, 0.5) is 0 Å². The Morgan fingerprint density at radius 1 is 0.881 bits per heavy atom. The van der Waals surface area contributed by atoms with Gasteiger partial charge in [0, 0.05) is 35.5 Å². The minimum atomic E-state index is -1.02. The van der Waals surface area contributed by atoms with Gasteiger partial charge in [-0.25, -0.2) is 9.78 Å². The number of carbonyl (C=O) groups is 2. The van der Waals surface area contributed by atoms with Crippen molar-refractivity contribution < 1.29 is 29.3 Å². The van der Waals surface area contributed by atoms with Crippen LogP contribution in [-0.4, -0.2) is 38.9 Å². The average Bonchev–Trinajstić information content (AvgIpc) is 3.04. The van der Waals surface area contributed by atoms with Gasteiger partial charge in [0.15, 0.2) is 6.29 Å². The third-order valence-corrected chi connectivity index (χ3v) is 8.34. The number of ether oxygens (including phenoxy) is 2. The smallest absolute Gasteiger partial charge is 0.338 e. The molecular weight excluding hydrogens is 552 g/mol. The van der Waals surface area contributed by atoms with Crippen molar-refractivity contribution in [3.63, 3.8) is 0 Å². The van der Waals surface area contributed by atoms with Crippen molar-refractivity contribution in [1.29, 1.82) is 0 Å². The van der Waals surface area contributed by atoms with Gasteiger partial charge >= 0.3 is 5.97 Å². The van der Waals surface area contributed by atoms with E-state index >= 15 is 0 Å². The van der Waals surface area contributed by atoms with Crippen molar-refractivity contribution in [3.05, 3.63) is 131 Å². The Morgan fingerprint density at radius 2 is 1.57 bits per heavy atom.